The van der Waals surface area contributed by atoms with Crippen LogP contribution in [-0.4, -0.2) is 12.6 Å². The van der Waals surface area contributed by atoms with E-state index in [4.69, 9.17) is 4.74 Å². The molecule has 0 bridgehead atoms. The molecule has 0 aromatic rings. The van der Waals surface area contributed by atoms with E-state index in [1.54, 1.807) is 0 Å². The fourth-order valence-corrected chi connectivity index (χ4v) is 3.98. The van der Waals surface area contributed by atoms with Gasteiger partial charge in [-0.1, -0.05) is 76.7 Å². The second kappa shape index (κ2) is 16.7. The van der Waals surface area contributed by atoms with Crippen molar-refractivity contribution in [1.29, 1.82) is 10.5 Å². The van der Waals surface area contributed by atoms with E-state index in [9.17, 15) is 15.3 Å². The molecule has 0 spiro atoms. The molecule has 1 rings (SSSR count). The molecule has 1 aliphatic rings. The van der Waals surface area contributed by atoms with Crippen molar-refractivity contribution in [2.45, 2.75) is 90.9 Å². The Hall–Kier alpha value is -2.07. The Bertz CT molecular complexity index is 612. The number of hydrogen-bond acceptors (Lipinski definition) is 4. The van der Waals surface area contributed by atoms with Gasteiger partial charge in [-0.15, -0.1) is 0 Å². The molecular weight excluding hydrogens is 372 g/mol. The Morgan fingerprint density at radius 2 is 1.63 bits per heavy atom. The molecule has 0 aromatic heterocycles. The first-order chi connectivity index (χ1) is 14.7. The summed E-state index contributed by atoms with van der Waals surface area (Å²) in [6.45, 7) is 4.80. The van der Waals surface area contributed by atoms with Crippen molar-refractivity contribution in [3.8, 4) is 12.1 Å². The third-order valence-corrected chi connectivity index (χ3v) is 5.90. The van der Waals surface area contributed by atoms with E-state index in [1.807, 2.05) is 0 Å². The van der Waals surface area contributed by atoms with Crippen LogP contribution in [0.5, 0.6) is 0 Å². The molecule has 0 radical (unpaired) electrons. The summed E-state index contributed by atoms with van der Waals surface area (Å²) in [4.78, 5) is 11.5. The maximum atomic E-state index is 11.5. The van der Waals surface area contributed by atoms with E-state index in [-0.39, 0.29) is 29.6 Å². The molecule has 0 aliphatic heterocycles. The van der Waals surface area contributed by atoms with Crippen molar-refractivity contribution in [3.05, 3.63) is 24.3 Å². The molecule has 4 heteroatoms. The van der Waals surface area contributed by atoms with Crippen molar-refractivity contribution < 1.29 is 9.53 Å². The first kappa shape index (κ1) is 26.0. The molecule has 0 fully saturated rings. The molecule has 0 amide bonds. The Labute approximate surface area is 184 Å². The highest BCUT2D eigenvalue weighted by Gasteiger charge is 2.35. The summed E-state index contributed by atoms with van der Waals surface area (Å²) in [7, 11) is 0. The Kier molecular flexibility index (Phi) is 14.5. The number of rotatable bonds is 15. The number of ether oxygens (including phenoxy) is 1. The molecule has 0 saturated carbocycles. The van der Waals surface area contributed by atoms with Crippen molar-refractivity contribution >= 4 is 5.97 Å². The van der Waals surface area contributed by atoms with E-state index < -0.39 is 0 Å². The number of unbranched alkanes of at least 4 members (excludes halogenated alkanes) is 7. The maximum absolute atomic E-state index is 11.5. The van der Waals surface area contributed by atoms with Crippen LogP contribution in [0.3, 0.4) is 0 Å². The highest BCUT2D eigenvalue weighted by molar-refractivity contribution is 5.69. The van der Waals surface area contributed by atoms with Crippen LogP contribution in [0, 0.1) is 46.3 Å². The van der Waals surface area contributed by atoms with Crippen molar-refractivity contribution in [3.63, 3.8) is 0 Å². The zero-order valence-electron chi connectivity index (χ0n) is 19.0. The molecule has 0 N–H and O–H groups in total. The van der Waals surface area contributed by atoms with Gasteiger partial charge in [-0.3, -0.25) is 4.79 Å². The van der Waals surface area contributed by atoms with Crippen molar-refractivity contribution in [2.75, 3.05) is 6.61 Å². The predicted octanol–water partition coefficient (Wildman–Crippen LogP) is 6.89. The van der Waals surface area contributed by atoms with Crippen LogP contribution in [0.2, 0.25) is 0 Å². The lowest BCUT2D eigenvalue weighted by Gasteiger charge is -2.30. The number of nitriles is 2. The van der Waals surface area contributed by atoms with Crippen LogP contribution in [-0.2, 0) is 9.53 Å². The van der Waals surface area contributed by atoms with Crippen molar-refractivity contribution in [1.82, 2.24) is 0 Å². The lowest BCUT2D eigenvalue weighted by atomic mass is 9.70. The zero-order chi connectivity index (χ0) is 22.0. The molecule has 0 unspecified atom stereocenters. The fourth-order valence-electron chi connectivity index (χ4n) is 3.98. The smallest absolute Gasteiger partial charge is 0.305 e. The molecule has 4 nitrogen and oxygen atoms in total. The van der Waals surface area contributed by atoms with Gasteiger partial charge in [0.1, 0.15) is 0 Å². The summed E-state index contributed by atoms with van der Waals surface area (Å²) in [5.41, 5.74) is 0. The highest BCUT2D eigenvalue weighted by atomic mass is 16.5. The normalized spacial score (nSPS) is 23.2. The Morgan fingerprint density at radius 3 is 2.33 bits per heavy atom. The van der Waals surface area contributed by atoms with Crippen LogP contribution < -0.4 is 0 Å². The summed E-state index contributed by atoms with van der Waals surface area (Å²) in [5, 5.41) is 19.2. The van der Waals surface area contributed by atoms with E-state index in [0.29, 0.717) is 13.0 Å². The summed E-state index contributed by atoms with van der Waals surface area (Å²) >= 11 is 0. The predicted molar refractivity (Wildman–Crippen MR) is 121 cm³/mol. The number of hydrogen-bond donors (Lipinski definition) is 0. The minimum Gasteiger partial charge on any atom is -0.466 e. The van der Waals surface area contributed by atoms with Gasteiger partial charge < -0.3 is 4.74 Å². The Morgan fingerprint density at radius 1 is 0.933 bits per heavy atom. The first-order valence-corrected chi connectivity index (χ1v) is 12.0. The van der Waals surface area contributed by atoms with Gasteiger partial charge in [0.2, 0.25) is 0 Å². The third-order valence-electron chi connectivity index (χ3n) is 5.90. The lowest BCUT2D eigenvalue weighted by Crippen LogP contribution is -2.29. The topological polar surface area (TPSA) is 73.9 Å². The largest absolute Gasteiger partial charge is 0.466 e. The molecule has 166 valence electrons. The summed E-state index contributed by atoms with van der Waals surface area (Å²) in [6, 6.07) is 4.80. The van der Waals surface area contributed by atoms with Gasteiger partial charge in [-0.05, 0) is 38.0 Å². The van der Waals surface area contributed by atoms with Crippen LogP contribution in [0.15, 0.2) is 24.3 Å². The molecule has 0 heterocycles. The van der Waals surface area contributed by atoms with Crippen LogP contribution in [0.1, 0.15) is 90.9 Å². The number of nitrogens with zero attached hydrogens (tertiary/aromatic N) is 2. The van der Waals surface area contributed by atoms with Gasteiger partial charge >= 0.3 is 5.97 Å². The van der Waals surface area contributed by atoms with E-state index in [1.165, 1.54) is 0 Å². The molecule has 30 heavy (non-hydrogen) atoms. The Balaban J connectivity index is 2.23. The molecule has 1 aliphatic carbocycles. The number of carbonyl (C=O) groups is 1. The molecule has 4 atom stereocenters. The zero-order valence-corrected chi connectivity index (χ0v) is 19.0. The fraction of sp³-hybridized carbons (Fsp3) is 0.731. The lowest BCUT2D eigenvalue weighted by molar-refractivity contribution is -0.143. The summed E-state index contributed by atoms with van der Waals surface area (Å²) in [5.74, 6) is -0.235. The number of allylic oxidation sites excluding steroid dienone is 4. The minimum atomic E-state index is -0.241. The third kappa shape index (κ3) is 10.1. The van der Waals surface area contributed by atoms with Crippen molar-refractivity contribution in [2.24, 2.45) is 23.7 Å². The second-order valence-corrected chi connectivity index (χ2v) is 8.39. The summed E-state index contributed by atoms with van der Waals surface area (Å²) < 4.78 is 5.16. The molecular formula is C26H40N2O2. The van der Waals surface area contributed by atoms with Gasteiger partial charge in [0.25, 0.3) is 0 Å². The minimum absolute atomic E-state index is 0.0521. The van der Waals surface area contributed by atoms with Crippen LogP contribution >= 0.6 is 0 Å². The average Bonchev–Trinajstić information content (AvgIpc) is 2.76. The molecule has 0 aromatic carbocycles. The van der Waals surface area contributed by atoms with Gasteiger partial charge in [0.15, 0.2) is 0 Å². The molecule has 0 saturated heterocycles. The first-order valence-electron chi connectivity index (χ1n) is 12.0. The highest BCUT2D eigenvalue weighted by Crippen LogP contribution is 2.37. The quantitative estimate of drug-likeness (QED) is 0.167. The second-order valence-electron chi connectivity index (χ2n) is 8.39. The van der Waals surface area contributed by atoms with E-state index in [2.05, 4.69) is 50.3 Å². The summed E-state index contributed by atoms with van der Waals surface area (Å²) in [6.07, 6.45) is 20.7. The van der Waals surface area contributed by atoms with Gasteiger partial charge in [-0.25, -0.2) is 0 Å². The SMILES string of the molecule is CCCCOC(=O)CCCCCCC/C=C/[C@H]1C=C[C@H](CCCC)[C@@H](C#N)[C@H]1C#N. The van der Waals surface area contributed by atoms with Crippen LogP contribution in [0.25, 0.3) is 0 Å². The number of esters is 1. The monoisotopic (exact) mass is 412 g/mol. The number of carbonyl (C=O) groups excluding carboxylic acids is 1. The van der Waals surface area contributed by atoms with E-state index >= 15 is 0 Å². The van der Waals surface area contributed by atoms with Gasteiger partial charge in [0, 0.05) is 12.3 Å². The van der Waals surface area contributed by atoms with E-state index in [0.717, 1.165) is 70.6 Å². The standard InChI is InChI=1S/C26H40N2O2/c1-3-5-14-22-17-18-23(25(21-28)24(22)20-27)15-12-10-8-7-9-11-13-16-26(29)30-19-6-4-2/h12,15,17-18,22-25H,3-11,13-14,16,19H2,1-2H3/b15-12+/t22-,23-,24+,25-/m0/s1. The van der Waals surface area contributed by atoms with Gasteiger partial charge in [-0.2, -0.15) is 10.5 Å². The maximum Gasteiger partial charge on any atom is 0.305 e. The van der Waals surface area contributed by atoms with Gasteiger partial charge in [0.05, 0.1) is 30.6 Å². The van der Waals surface area contributed by atoms with Crippen LogP contribution in [0.4, 0.5) is 0 Å². The average molecular weight is 413 g/mol.